The normalized spacial score (nSPS) is 12.3. The number of amides is 1. The molecular weight excluding hydrogens is 1130 g/mol. The van der Waals surface area contributed by atoms with Crippen molar-refractivity contribution in [1.82, 2.24) is 19.6 Å². The molecule has 2 N–H and O–H groups in total. The highest BCUT2D eigenvalue weighted by atomic mass is 32.2. The van der Waals surface area contributed by atoms with E-state index in [1.807, 2.05) is 73.8 Å². The van der Waals surface area contributed by atoms with Crippen LogP contribution in [0.25, 0.3) is 16.9 Å². The number of carbonyl (C=O) groups is 1. The number of carbonyl (C=O) groups excluding carboxylic acids is 1. The number of thioether (sulfide) groups is 2. The first kappa shape index (κ1) is 62.1. The van der Waals surface area contributed by atoms with Crippen LogP contribution in [0.1, 0.15) is 85.5 Å². The number of rotatable bonds is 27. The summed E-state index contributed by atoms with van der Waals surface area (Å²) in [4.78, 5) is 18.5. The fraction of sp³-hybridized carbons (Fsp3) is 0.257. The van der Waals surface area contributed by atoms with E-state index in [9.17, 15) is 17.6 Å². The van der Waals surface area contributed by atoms with E-state index < -0.39 is 55.1 Å². The van der Waals surface area contributed by atoms with Crippen LogP contribution < -0.4 is 5.14 Å². The van der Waals surface area contributed by atoms with Crippen LogP contribution in [-0.4, -0.2) is 83.9 Å². The van der Waals surface area contributed by atoms with E-state index in [0.29, 0.717) is 68.3 Å². The average molecular weight is 1200 g/mol. The molecule has 0 saturated heterocycles. The summed E-state index contributed by atoms with van der Waals surface area (Å²) in [5.41, 5.74) is 6.64. The monoisotopic (exact) mass is 1200 g/mol. The molecule has 0 fully saturated rings. The second kappa shape index (κ2) is 28.2. The van der Waals surface area contributed by atoms with Gasteiger partial charge in [0.05, 0.1) is 25.8 Å². The second-order valence-electron chi connectivity index (χ2n) is 22.0. The number of halogens is 3. The van der Waals surface area contributed by atoms with Crippen LogP contribution in [0.4, 0.5) is 18.0 Å². The van der Waals surface area contributed by atoms with E-state index in [0.717, 1.165) is 33.4 Å². The van der Waals surface area contributed by atoms with Gasteiger partial charge in [-0.2, -0.15) is 13.9 Å². The first-order valence-electron chi connectivity index (χ1n) is 28.7. The minimum Gasteiger partial charge on any atom is -0.444 e. The van der Waals surface area contributed by atoms with Crippen molar-refractivity contribution in [3.05, 3.63) is 281 Å². The van der Waals surface area contributed by atoms with Gasteiger partial charge in [-0.1, -0.05) is 188 Å². The summed E-state index contributed by atoms with van der Waals surface area (Å²) in [6.45, 7) is 8.09. The SMILES string of the molecule is CC(C)(C)OC(=O)N(CCSC(c1ccccc1)(c1ccccc1)c1ccccc1)CCN(CCCCCC(F)(F)c1cc(-c2ccc(F)cc2)n(-c2ccc(S(N)(=O)=O)cc2)n1)CCSC(c1ccccc1)(c1ccccc1)c1ccccc1. The summed E-state index contributed by atoms with van der Waals surface area (Å²) in [7, 11) is -4.02. The molecule has 8 aromatic carbocycles. The molecule has 0 atom stereocenters. The van der Waals surface area contributed by atoms with Gasteiger partial charge in [0.2, 0.25) is 10.0 Å². The van der Waals surface area contributed by atoms with Crippen molar-refractivity contribution < 1.29 is 31.1 Å². The molecule has 0 aliphatic rings. The highest BCUT2D eigenvalue weighted by Gasteiger charge is 2.39. The molecule has 1 heterocycles. The van der Waals surface area contributed by atoms with E-state index in [1.54, 1.807) is 11.8 Å². The van der Waals surface area contributed by atoms with E-state index in [4.69, 9.17) is 9.88 Å². The molecule has 15 heteroatoms. The zero-order valence-electron chi connectivity index (χ0n) is 48.2. The molecule has 9 rings (SSSR count). The number of alkyl halides is 2. The molecule has 440 valence electrons. The van der Waals surface area contributed by atoms with E-state index >= 15 is 8.78 Å². The summed E-state index contributed by atoms with van der Waals surface area (Å²) in [6, 6.07) is 75.4. The Kier molecular flexibility index (Phi) is 20.6. The van der Waals surface area contributed by atoms with Crippen LogP contribution >= 0.6 is 23.5 Å². The van der Waals surface area contributed by atoms with Gasteiger partial charge in [-0.3, -0.25) is 0 Å². The molecule has 85 heavy (non-hydrogen) atoms. The largest absolute Gasteiger partial charge is 0.444 e. The summed E-state index contributed by atoms with van der Waals surface area (Å²) in [5.74, 6) is -2.57. The van der Waals surface area contributed by atoms with Crippen molar-refractivity contribution in [2.45, 2.75) is 72.4 Å². The fourth-order valence-corrected chi connectivity index (χ4v) is 14.3. The summed E-state index contributed by atoms with van der Waals surface area (Å²) in [6.07, 6.45) is 0.375. The Hall–Kier alpha value is -7.40. The Labute approximate surface area is 507 Å². The molecule has 9 nitrogen and oxygen atoms in total. The molecule has 0 aliphatic carbocycles. The molecule has 1 aromatic heterocycles. The van der Waals surface area contributed by atoms with Gasteiger partial charge in [0, 0.05) is 49.7 Å². The van der Waals surface area contributed by atoms with Crippen molar-refractivity contribution in [2.24, 2.45) is 5.14 Å². The number of nitrogens with zero attached hydrogens (tertiary/aromatic N) is 4. The molecule has 9 aromatic rings. The van der Waals surface area contributed by atoms with Crippen LogP contribution in [0, 0.1) is 5.82 Å². The van der Waals surface area contributed by atoms with E-state index in [2.05, 4.69) is 156 Å². The number of unbranched alkanes of at least 4 members (excludes halogenated alkanes) is 2. The summed E-state index contributed by atoms with van der Waals surface area (Å²) >= 11 is 3.64. The second-order valence-corrected chi connectivity index (χ2v) is 26.1. The minimum absolute atomic E-state index is 0.141. The molecule has 0 aliphatic heterocycles. The van der Waals surface area contributed by atoms with Crippen LogP contribution in [0.3, 0.4) is 0 Å². The Morgan fingerprint density at radius 1 is 0.541 bits per heavy atom. The van der Waals surface area contributed by atoms with Crippen molar-refractivity contribution >= 4 is 39.6 Å². The molecular formula is C70H72F3N5O4S3. The Morgan fingerprint density at radius 3 is 1.38 bits per heavy atom. The van der Waals surface area contributed by atoms with Gasteiger partial charge in [0.25, 0.3) is 5.92 Å². The maximum atomic E-state index is 16.5. The lowest BCUT2D eigenvalue weighted by atomic mass is 9.84. The van der Waals surface area contributed by atoms with Gasteiger partial charge < -0.3 is 14.5 Å². The topological polar surface area (TPSA) is 111 Å². The predicted octanol–water partition coefficient (Wildman–Crippen LogP) is 16.0. The Bertz CT molecular complexity index is 3450. The lowest BCUT2D eigenvalue weighted by molar-refractivity contribution is -0.0205. The third kappa shape index (κ3) is 15.5. The van der Waals surface area contributed by atoms with Crippen LogP contribution in [0.5, 0.6) is 0 Å². The lowest BCUT2D eigenvalue weighted by Crippen LogP contribution is -2.43. The van der Waals surface area contributed by atoms with Gasteiger partial charge >= 0.3 is 6.09 Å². The molecule has 0 spiro atoms. The predicted molar refractivity (Wildman–Crippen MR) is 340 cm³/mol. The number of aromatic nitrogens is 2. The van der Waals surface area contributed by atoms with Gasteiger partial charge in [0.1, 0.15) is 17.1 Å². The van der Waals surface area contributed by atoms with Gasteiger partial charge in [-0.15, -0.1) is 23.5 Å². The zero-order valence-corrected chi connectivity index (χ0v) is 50.6. The highest BCUT2D eigenvalue weighted by molar-refractivity contribution is 8.00. The smallest absolute Gasteiger partial charge is 0.410 e. The number of ether oxygens (including phenoxy) is 1. The Morgan fingerprint density at radius 2 is 0.965 bits per heavy atom. The third-order valence-electron chi connectivity index (χ3n) is 14.9. The quantitative estimate of drug-likeness (QED) is 0.0400. The van der Waals surface area contributed by atoms with Crippen LogP contribution in [-0.2, 0) is 30.2 Å². The van der Waals surface area contributed by atoms with Crippen LogP contribution in [0.15, 0.2) is 241 Å². The van der Waals surface area contributed by atoms with Crippen molar-refractivity contribution in [1.29, 1.82) is 0 Å². The van der Waals surface area contributed by atoms with E-state index in [1.165, 1.54) is 59.3 Å². The van der Waals surface area contributed by atoms with Crippen molar-refractivity contribution in [3.63, 3.8) is 0 Å². The number of primary sulfonamides is 1. The third-order valence-corrected chi connectivity index (χ3v) is 18.9. The number of hydrogen-bond acceptors (Lipinski definition) is 8. The Balaban J connectivity index is 0.969. The highest BCUT2D eigenvalue weighted by Crippen LogP contribution is 2.50. The molecule has 0 unspecified atom stereocenters. The fourth-order valence-electron chi connectivity index (χ4n) is 10.7. The van der Waals surface area contributed by atoms with Gasteiger partial charge in [-0.05, 0) is 128 Å². The number of hydrogen-bond donors (Lipinski definition) is 1. The number of nitrogens with two attached hydrogens (primary N) is 1. The molecule has 0 bridgehead atoms. The first-order valence-corrected chi connectivity index (χ1v) is 32.2. The molecule has 0 saturated carbocycles. The number of benzene rings is 8. The standard InChI is InChI=1S/C70H72F3N5O4S3/c1-67(2,3)82-66(79)77(50-52-84-70(58-31-17-7-18-32-58,59-33-19-8-20-34-59)60-35-21-9-22-36-60)48-47-76(49-51-83-69(55-25-11-4-12-26-55,56-27-13-5-14-28-56)57-29-15-6-16-30-57)46-24-10-23-45-68(72,73)65-53-64(54-37-39-61(71)40-38-54)78(75-65)62-41-43-63(44-42-62)85(74,80)81/h4-9,11-22,25-44,53H,10,23-24,45-52H2,1-3H3,(H2,74,80,81). The summed E-state index contributed by atoms with van der Waals surface area (Å²) < 4.78 is 77.5. The van der Waals surface area contributed by atoms with E-state index in [-0.39, 0.29) is 17.0 Å². The maximum Gasteiger partial charge on any atom is 0.410 e. The zero-order chi connectivity index (χ0) is 59.9. The number of sulfonamides is 1. The van der Waals surface area contributed by atoms with Gasteiger partial charge in [0.15, 0.2) is 0 Å². The molecule has 1 amide bonds. The molecule has 0 radical (unpaired) electrons. The summed E-state index contributed by atoms with van der Waals surface area (Å²) in [5, 5.41) is 9.73. The van der Waals surface area contributed by atoms with Gasteiger partial charge in [-0.25, -0.2) is 27.4 Å². The van der Waals surface area contributed by atoms with Crippen molar-refractivity contribution in [2.75, 3.05) is 44.2 Å². The first-order chi connectivity index (χ1) is 41.0. The average Bonchev–Trinajstić information content (AvgIpc) is 2.80. The lowest BCUT2D eigenvalue weighted by Gasteiger charge is -2.37. The van der Waals surface area contributed by atoms with Crippen LogP contribution in [0.2, 0.25) is 0 Å². The van der Waals surface area contributed by atoms with Crippen molar-refractivity contribution in [3.8, 4) is 16.9 Å². The minimum atomic E-state index is -4.02. The maximum absolute atomic E-state index is 16.5.